The van der Waals surface area contributed by atoms with Crippen LogP contribution in [0.3, 0.4) is 0 Å². The van der Waals surface area contributed by atoms with Gasteiger partial charge in [-0.3, -0.25) is 0 Å². The summed E-state index contributed by atoms with van der Waals surface area (Å²) in [5.74, 6) is -0.283. The number of rotatable bonds is 4. The normalized spacial score (nSPS) is 23.6. The van der Waals surface area contributed by atoms with E-state index in [1.54, 1.807) is 12.1 Å². The molecule has 5 nitrogen and oxygen atoms in total. The van der Waals surface area contributed by atoms with Gasteiger partial charge >= 0.3 is 0 Å². The standard InChI is InChI=1S/C15H23NO4S.BrH/c1-10-4-3-5-13(16-10)15(18)11-6-7-14(17)12(8-11)9-21(2,19)20;/h6-8,10,13,15-18H,3-5,9H2,1-2H3;1H. The summed E-state index contributed by atoms with van der Waals surface area (Å²) in [4.78, 5) is 0. The van der Waals surface area contributed by atoms with Gasteiger partial charge in [-0.1, -0.05) is 12.5 Å². The fourth-order valence-electron chi connectivity index (χ4n) is 2.84. The summed E-state index contributed by atoms with van der Waals surface area (Å²) in [6.07, 6.45) is 3.46. The van der Waals surface area contributed by atoms with Crippen molar-refractivity contribution in [3.05, 3.63) is 29.3 Å². The van der Waals surface area contributed by atoms with Gasteiger partial charge in [0.1, 0.15) is 5.75 Å². The van der Waals surface area contributed by atoms with E-state index in [0.717, 1.165) is 25.5 Å². The molecule has 126 valence electrons. The van der Waals surface area contributed by atoms with E-state index >= 15 is 0 Å². The highest BCUT2D eigenvalue weighted by Crippen LogP contribution is 2.28. The van der Waals surface area contributed by atoms with Gasteiger partial charge < -0.3 is 15.5 Å². The first-order chi connectivity index (χ1) is 9.76. The van der Waals surface area contributed by atoms with Crippen molar-refractivity contribution in [2.45, 2.75) is 50.1 Å². The molecule has 1 fully saturated rings. The largest absolute Gasteiger partial charge is 0.508 e. The molecular formula is C15H24BrNO4S. The maximum atomic E-state index is 11.4. The highest BCUT2D eigenvalue weighted by molar-refractivity contribution is 8.93. The number of aliphatic hydroxyl groups is 1. The Morgan fingerprint density at radius 1 is 1.36 bits per heavy atom. The molecular weight excluding hydrogens is 370 g/mol. The first-order valence-corrected chi connectivity index (χ1v) is 9.26. The Morgan fingerprint density at radius 2 is 2.05 bits per heavy atom. The molecule has 3 unspecified atom stereocenters. The fourth-order valence-corrected chi connectivity index (χ4v) is 3.64. The first-order valence-electron chi connectivity index (χ1n) is 7.20. The molecule has 1 aliphatic rings. The minimum absolute atomic E-state index is 0. The molecule has 1 aromatic rings. The van der Waals surface area contributed by atoms with Gasteiger partial charge in [0, 0.05) is 23.9 Å². The Morgan fingerprint density at radius 3 is 2.64 bits per heavy atom. The van der Waals surface area contributed by atoms with Gasteiger partial charge in [0.15, 0.2) is 9.84 Å². The molecule has 1 aliphatic heterocycles. The Balaban J connectivity index is 0.00000242. The summed E-state index contributed by atoms with van der Waals surface area (Å²) < 4.78 is 22.8. The minimum atomic E-state index is -3.23. The molecule has 0 aromatic heterocycles. The lowest BCUT2D eigenvalue weighted by molar-refractivity contribution is 0.103. The van der Waals surface area contributed by atoms with Crippen LogP contribution in [0.1, 0.15) is 43.4 Å². The van der Waals surface area contributed by atoms with Gasteiger partial charge in [0.25, 0.3) is 0 Å². The van der Waals surface area contributed by atoms with Crippen LogP contribution in [-0.2, 0) is 15.6 Å². The van der Waals surface area contributed by atoms with Crippen molar-refractivity contribution in [3.8, 4) is 5.75 Å². The van der Waals surface area contributed by atoms with Gasteiger partial charge in [0.05, 0.1) is 11.9 Å². The summed E-state index contributed by atoms with van der Waals surface area (Å²) in [5.41, 5.74) is 0.968. The molecule has 1 aromatic carbocycles. The van der Waals surface area contributed by atoms with Crippen LogP contribution in [0, 0.1) is 0 Å². The number of sulfone groups is 1. The smallest absolute Gasteiger partial charge is 0.151 e. The SMILES string of the molecule is Br.CC1CCCC(C(O)c2ccc(O)c(CS(C)(=O)=O)c2)N1. The van der Waals surface area contributed by atoms with Crippen LogP contribution < -0.4 is 5.32 Å². The zero-order valence-electron chi connectivity index (χ0n) is 12.8. The summed E-state index contributed by atoms with van der Waals surface area (Å²) in [6.45, 7) is 2.09. The quantitative estimate of drug-likeness (QED) is 0.728. The predicted octanol–water partition coefficient (Wildman–Crippen LogP) is 2.08. The van der Waals surface area contributed by atoms with E-state index in [4.69, 9.17) is 0 Å². The third-order valence-corrected chi connectivity index (χ3v) is 4.73. The number of benzene rings is 1. The van der Waals surface area contributed by atoms with E-state index in [1.165, 1.54) is 6.07 Å². The van der Waals surface area contributed by atoms with E-state index in [9.17, 15) is 18.6 Å². The van der Waals surface area contributed by atoms with E-state index < -0.39 is 15.9 Å². The highest BCUT2D eigenvalue weighted by Gasteiger charge is 2.26. The van der Waals surface area contributed by atoms with Crippen molar-refractivity contribution in [2.24, 2.45) is 0 Å². The zero-order chi connectivity index (χ0) is 15.6. The second-order valence-corrected chi connectivity index (χ2v) is 8.15. The number of piperidine rings is 1. The van der Waals surface area contributed by atoms with Crippen LogP contribution in [0.5, 0.6) is 5.75 Å². The minimum Gasteiger partial charge on any atom is -0.508 e. The Labute approximate surface area is 142 Å². The van der Waals surface area contributed by atoms with Crippen molar-refractivity contribution in [3.63, 3.8) is 0 Å². The van der Waals surface area contributed by atoms with Gasteiger partial charge in [0.2, 0.25) is 0 Å². The topological polar surface area (TPSA) is 86.6 Å². The second kappa shape index (κ2) is 7.77. The number of halogens is 1. The third kappa shape index (κ3) is 5.22. The number of aromatic hydroxyl groups is 1. The van der Waals surface area contributed by atoms with Crippen LogP contribution >= 0.6 is 17.0 Å². The van der Waals surface area contributed by atoms with Crippen LogP contribution in [0.4, 0.5) is 0 Å². The lowest BCUT2D eigenvalue weighted by Crippen LogP contribution is -2.44. The van der Waals surface area contributed by atoms with Crippen LogP contribution in [0.15, 0.2) is 18.2 Å². The molecule has 0 spiro atoms. The molecule has 22 heavy (non-hydrogen) atoms. The molecule has 0 radical (unpaired) electrons. The molecule has 0 saturated carbocycles. The molecule has 7 heteroatoms. The van der Waals surface area contributed by atoms with Crippen molar-refractivity contribution in [1.29, 1.82) is 0 Å². The van der Waals surface area contributed by atoms with Crippen molar-refractivity contribution in [2.75, 3.05) is 6.26 Å². The maximum Gasteiger partial charge on any atom is 0.151 e. The zero-order valence-corrected chi connectivity index (χ0v) is 15.3. The first kappa shape index (κ1) is 19.4. The van der Waals surface area contributed by atoms with Crippen LogP contribution in [0.2, 0.25) is 0 Å². The van der Waals surface area contributed by atoms with Gasteiger partial charge in [-0.15, -0.1) is 17.0 Å². The molecule has 0 bridgehead atoms. The second-order valence-electron chi connectivity index (χ2n) is 6.01. The number of phenols is 1. The Kier molecular flexibility index (Phi) is 6.85. The van der Waals surface area contributed by atoms with Crippen LogP contribution in [-0.4, -0.2) is 37.0 Å². The molecule has 1 heterocycles. The summed E-state index contributed by atoms with van der Waals surface area (Å²) in [7, 11) is -3.23. The average Bonchev–Trinajstić information content (AvgIpc) is 2.39. The average molecular weight is 394 g/mol. The molecule has 2 rings (SSSR count). The molecule has 0 aliphatic carbocycles. The van der Waals surface area contributed by atoms with E-state index in [2.05, 4.69) is 12.2 Å². The molecule has 3 atom stereocenters. The number of phenolic OH excluding ortho intramolecular Hbond substituents is 1. The van der Waals surface area contributed by atoms with Crippen molar-refractivity contribution >= 4 is 26.8 Å². The number of aliphatic hydroxyl groups excluding tert-OH is 1. The lowest BCUT2D eigenvalue weighted by atomic mass is 9.91. The maximum absolute atomic E-state index is 11.4. The van der Waals surface area contributed by atoms with Crippen molar-refractivity contribution < 1.29 is 18.6 Å². The summed E-state index contributed by atoms with van der Waals surface area (Å²) in [5, 5.41) is 23.6. The number of nitrogens with one attached hydrogen (secondary N) is 1. The molecule has 0 amide bonds. The van der Waals surface area contributed by atoms with Gasteiger partial charge in [-0.25, -0.2) is 8.42 Å². The number of hydrogen-bond donors (Lipinski definition) is 3. The van der Waals surface area contributed by atoms with Gasteiger partial charge in [-0.05, 0) is 37.5 Å². The van der Waals surface area contributed by atoms with E-state index in [-0.39, 0.29) is 34.5 Å². The number of hydrogen-bond acceptors (Lipinski definition) is 5. The van der Waals surface area contributed by atoms with E-state index in [1.807, 2.05) is 0 Å². The van der Waals surface area contributed by atoms with Gasteiger partial charge in [-0.2, -0.15) is 0 Å². The lowest BCUT2D eigenvalue weighted by Gasteiger charge is -2.32. The summed E-state index contributed by atoms with van der Waals surface area (Å²) >= 11 is 0. The summed E-state index contributed by atoms with van der Waals surface area (Å²) in [6, 6.07) is 5.01. The van der Waals surface area contributed by atoms with E-state index in [0.29, 0.717) is 17.2 Å². The van der Waals surface area contributed by atoms with Crippen molar-refractivity contribution in [1.82, 2.24) is 5.32 Å². The molecule has 1 saturated heterocycles. The van der Waals surface area contributed by atoms with Crippen LogP contribution in [0.25, 0.3) is 0 Å². The monoisotopic (exact) mass is 393 g/mol. The molecule has 3 N–H and O–H groups in total. The Hall–Kier alpha value is -0.630. The third-order valence-electron chi connectivity index (χ3n) is 3.89. The predicted molar refractivity (Wildman–Crippen MR) is 92.2 cm³/mol. The fraction of sp³-hybridized carbons (Fsp3) is 0.600. The Bertz CT molecular complexity index is 606. The highest BCUT2D eigenvalue weighted by atomic mass is 79.9.